The predicted octanol–water partition coefficient (Wildman–Crippen LogP) is 2.71. The number of ketones is 1. The van der Waals surface area contributed by atoms with E-state index in [-0.39, 0.29) is 5.78 Å². The highest BCUT2D eigenvalue weighted by atomic mass is 16.1. The molecule has 0 saturated carbocycles. The van der Waals surface area contributed by atoms with Gasteiger partial charge in [-0.2, -0.15) is 0 Å². The molecule has 0 aromatic heterocycles. The summed E-state index contributed by atoms with van der Waals surface area (Å²) in [5.74, 6) is 0.272. The van der Waals surface area contributed by atoms with Crippen LogP contribution in [0.2, 0.25) is 0 Å². The zero-order valence-electron chi connectivity index (χ0n) is 7.11. The van der Waals surface area contributed by atoms with Gasteiger partial charge < -0.3 is 0 Å². The van der Waals surface area contributed by atoms with Crippen molar-refractivity contribution in [2.45, 2.75) is 40.0 Å². The van der Waals surface area contributed by atoms with Crippen molar-refractivity contribution in [1.82, 2.24) is 0 Å². The summed E-state index contributed by atoms with van der Waals surface area (Å²) in [5, 5.41) is 0. The molecule has 58 valence electrons. The topological polar surface area (TPSA) is 17.1 Å². The van der Waals surface area contributed by atoms with Gasteiger partial charge in [-0.1, -0.05) is 26.3 Å². The SMILES string of the molecule is CCC/C=C(\C)C(=O)CC. The van der Waals surface area contributed by atoms with Crippen molar-refractivity contribution < 1.29 is 4.79 Å². The Bertz CT molecular complexity index is 134. The predicted molar refractivity (Wildman–Crippen MR) is 44.0 cm³/mol. The first-order valence-corrected chi connectivity index (χ1v) is 3.92. The van der Waals surface area contributed by atoms with Gasteiger partial charge in [0.15, 0.2) is 5.78 Å². The molecule has 0 fully saturated rings. The quantitative estimate of drug-likeness (QED) is 0.549. The molecule has 0 aromatic rings. The fourth-order valence-corrected chi connectivity index (χ4v) is 0.754. The summed E-state index contributed by atoms with van der Waals surface area (Å²) in [5.41, 5.74) is 0.921. The Morgan fingerprint density at radius 3 is 2.40 bits per heavy atom. The molecular weight excluding hydrogens is 124 g/mol. The van der Waals surface area contributed by atoms with Crippen LogP contribution in [0.1, 0.15) is 40.0 Å². The molecule has 1 heteroatoms. The van der Waals surface area contributed by atoms with Crippen LogP contribution in [0.5, 0.6) is 0 Å². The van der Waals surface area contributed by atoms with Crippen LogP contribution in [-0.4, -0.2) is 5.78 Å². The number of unbranched alkanes of at least 4 members (excludes halogenated alkanes) is 1. The van der Waals surface area contributed by atoms with E-state index in [1.54, 1.807) is 0 Å². The van der Waals surface area contributed by atoms with Gasteiger partial charge in [0.25, 0.3) is 0 Å². The van der Waals surface area contributed by atoms with Crippen molar-refractivity contribution in [2.24, 2.45) is 0 Å². The molecular formula is C9H16O. The lowest BCUT2D eigenvalue weighted by Crippen LogP contribution is -1.95. The average Bonchev–Trinajstić information content (AvgIpc) is 1.98. The van der Waals surface area contributed by atoms with Gasteiger partial charge in [-0.3, -0.25) is 4.79 Å². The first-order chi connectivity index (χ1) is 4.72. The molecule has 0 spiro atoms. The third kappa shape index (κ3) is 3.44. The van der Waals surface area contributed by atoms with Crippen LogP contribution in [-0.2, 0) is 4.79 Å². The normalized spacial score (nSPS) is 11.7. The Morgan fingerprint density at radius 1 is 1.40 bits per heavy atom. The van der Waals surface area contributed by atoms with Crippen molar-refractivity contribution in [2.75, 3.05) is 0 Å². The molecule has 0 heterocycles. The number of hydrogen-bond acceptors (Lipinski definition) is 1. The first-order valence-electron chi connectivity index (χ1n) is 3.92. The molecule has 0 aliphatic rings. The van der Waals surface area contributed by atoms with E-state index in [2.05, 4.69) is 6.92 Å². The van der Waals surface area contributed by atoms with Crippen LogP contribution >= 0.6 is 0 Å². The molecule has 0 aromatic carbocycles. The van der Waals surface area contributed by atoms with E-state index < -0.39 is 0 Å². The van der Waals surface area contributed by atoms with E-state index in [9.17, 15) is 4.79 Å². The average molecular weight is 140 g/mol. The molecule has 1 nitrogen and oxygen atoms in total. The minimum absolute atomic E-state index is 0.272. The summed E-state index contributed by atoms with van der Waals surface area (Å²) in [4.78, 5) is 10.9. The van der Waals surface area contributed by atoms with E-state index in [4.69, 9.17) is 0 Å². The number of carbonyl (C=O) groups is 1. The Morgan fingerprint density at radius 2 is 2.00 bits per heavy atom. The van der Waals surface area contributed by atoms with E-state index >= 15 is 0 Å². The molecule has 0 aliphatic carbocycles. The van der Waals surface area contributed by atoms with Crippen LogP contribution in [0.3, 0.4) is 0 Å². The smallest absolute Gasteiger partial charge is 0.157 e. The van der Waals surface area contributed by atoms with Crippen molar-refractivity contribution in [3.8, 4) is 0 Å². The molecule has 0 rings (SSSR count). The fraction of sp³-hybridized carbons (Fsp3) is 0.667. The maximum Gasteiger partial charge on any atom is 0.157 e. The molecule has 0 N–H and O–H groups in total. The highest BCUT2D eigenvalue weighted by molar-refractivity contribution is 5.94. The lowest BCUT2D eigenvalue weighted by molar-refractivity contribution is -0.115. The minimum Gasteiger partial charge on any atom is -0.295 e. The summed E-state index contributed by atoms with van der Waals surface area (Å²) >= 11 is 0. The zero-order valence-corrected chi connectivity index (χ0v) is 7.11. The highest BCUT2D eigenvalue weighted by Gasteiger charge is 1.97. The minimum atomic E-state index is 0.272. The van der Waals surface area contributed by atoms with Crippen LogP contribution in [0.15, 0.2) is 11.6 Å². The van der Waals surface area contributed by atoms with Gasteiger partial charge in [0.1, 0.15) is 0 Å². The van der Waals surface area contributed by atoms with Gasteiger partial charge in [-0.25, -0.2) is 0 Å². The van der Waals surface area contributed by atoms with Crippen molar-refractivity contribution in [1.29, 1.82) is 0 Å². The number of hydrogen-bond donors (Lipinski definition) is 0. The number of carbonyl (C=O) groups excluding carboxylic acids is 1. The second kappa shape index (κ2) is 5.21. The van der Waals surface area contributed by atoms with E-state index in [0.717, 1.165) is 18.4 Å². The molecule has 0 unspecified atom stereocenters. The van der Waals surface area contributed by atoms with Gasteiger partial charge in [0.05, 0.1) is 0 Å². The first kappa shape index (κ1) is 9.41. The second-order valence-corrected chi connectivity index (χ2v) is 2.45. The number of allylic oxidation sites excluding steroid dienone is 2. The summed E-state index contributed by atoms with van der Waals surface area (Å²) < 4.78 is 0. The maximum absolute atomic E-state index is 10.9. The summed E-state index contributed by atoms with van der Waals surface area (Å²) in [7, 11) is 0. The lowest BCUT2D eigenvalue weighted by atomic mass is 10.1. The van der Waals surface area contributed by atoms with E-state index in [0.29, 0.717) is 6.42 Å². The fourth-order valence-electron chi connectivity index (χ4n) is 0.754. The van der Waals surface area contributed by atoms with Crippen LogP contribution in [0, 0.1) is 0 Å². The Labute approximate surface area is 63.1 Å². The van der Waals surface area contributed by atoms with Gasteiger partial charge in [-0.15, -0.1) is 0 Å². The molecule has 0 amide bonds. The van der Waals surface area contributed by atoms with E-state index in [1.807, 2.05) is 19.9 Å². The summed E-state index contributed by atoms with van der Waals surface area (Å²) in [6, 6.07) is 0. The van der Waals surface area contributed by atoms with Crippen LogP contribution in [0.4, 0.5) is 0 Å². The highest BCUT2D eigenvalue weighted by Crippen LogP contribution is 2.01. The van der Waals surface area contributed by atoms with Crippen molar-refractivity contribution in [3.05, 3.63) is 11.6 Å². The van der Waals surface area contributed by atoms with Gasteiger partial charge in [-0.05, 0) is 18.9 Å². The Balaban J connectivity index is 3.80. The molecule has 10 heavy (non-hydrogen) atoms. The third-order valence-electron chi connectivity index (χ3n) is 1.50. The molecule has 0 aliphatic heterocycles. The molecule has 0 atom stereocenters. The molecule has 0 radical (unpaired) electrons. The van der Waals surface area contributed by atoms with Gasteiger partial charge in [0.2, 0.25) is 0 Å². The largest absolute Gasteiger partial charge is 0.295 e. The van der Waals surface area contributed by atoms with Crippen molar-refractivity contribution >= 4 is 5.78 Å². The van der Waals surface area contributed by atoms with Gasteiger partial charge >= 0.3 is 0 Å². The molecule has 0 bridgehead atoms. The summed E-state index contributed by atoms with van der Waals surface area (Å²) in [6.07, 6.45) is 4.80. The Kier molecular flexibility index (Phi) is 4.91. The van der Waals surface area contributed by atoms with Gasteiger partial charge in [0, 0.05) is 6.42 Å². The third-order valence-corrected chi connectivity index (χ3v) is 1.50. The second-order valence-electron chi connectivity index (χ2n) is 2.45. The Hall–Kier alpha value is -0.590. The lowest BCUT2D eigenvalue weighted by Gasteiger charge is -1.94. The number of rotatable bonds is 4. The van der Waals surface area contributed by atoms with Crippen LogP contribution in [0.25, 0.3) is 0 Å². The zero-order chi connectivity index (χ0) is 7.98. The summed E-state index contributed by atoms with van der Waals surface area (Å²) in [6.45, 7) is 5.90. The molecule has 0 saturated heterocycles. The van der Waals surface area contributed by atoms with E-state index in [1.165, 1.54) is 0 Å². The maximum atomic E-state index is 10.9. The van der Waals surface area contributed by atoms with Crippen LogP contribution < -0.4 is 0 Å². The standard InChI is InChI=1S/C9H16O/c1-4-6-7-8(3)9(10)5-2/h7H,4-6H2,1-3H3/b8-7+. The number of Topliss-reactive ketones (excluding diaryl/α,β-unsaturated/α-hetero) is 1. The van der Waals surface area contributed by atoms with Crippen molar-refractivity contribution in [3.63, 3.8) is 0 Å². The monoisotopic (exact) mass is 140 g/mol.